The average Bonchev–Trinajstić information content (AvgIpc) is 2.33. The van der Waals surface area contributed by atoms with Crippen molar-refractivity contribution in [2.24, 2.45) is 0 Å². The average molecular weight is 136 g/mol. The van der Waals surface area contributed by atoms with Gasteiger partial charge < -0.3 is 0 Å². The Morgan fingerprint density at radius 2 is 2.56 bits per heavy atom. The Labute approximate surface area is 58.7 Å². The van der Waals surface area contributed by atoms with E-state index in [-0.39, 0.29) is 0 Å². The van der Waals surface area contributed by atoms with E-state index in [9.17, 15) is 0 Å². The van der Waals surface area contributed by atoms with Crippen molar-refractivity contribution in [3.63, 3.8) is 0 Å². The molecule has 1 radical (unpaired) electrons. The molecule has 9 heavy (non-hydrogen) atoms. The number of hydrogen-bond acceptors (Lipinski definition) is 2. The molecule has 1 aliphatic carbocycles. The van der Waals surface area contributed by atoms with Gasteiger partial charge in [0, 0.05) is 5.41 Å². The molecule has 2 aliphatic rings. The minimum absolute atomic E-state index is 0.417. The lowest BCUT2D eigenvalue weighted by molar-refractivity contribution is 0.915. The van der Waals surface area contributed by atoms with E-state index in [2.05, 4.69) is 28.4 Å². The summed E-state index contributed by atoms with van der Waals surface area (Å²) >= 11 is 1.54. The fraction of sp³-hybridized carbons (Fsp3) is 0.143. The van der Waals surface area contributed by atoms with Gasteiger partial charge in [0.1, 0.15) is 0 Å². The van der Waals surface area contributed by atoms with Crippen LogP contribution in [0.3, 0.4) is 0 Å². The van der Waals surface area contributed by atoms with Crippen molar-refractivity contribution in [3.8, 4) is 0 Å². The highest BCUT2D eigenvalue weighted by Gasteiger charge is 2.15. The van der Waals surface area contributed by atoms with Crippen LogP contribution in [0.15, 0.2) is 29.9 Å². The molecular formula is C7H6NS. The molecular weight excluding hydrogens is 130 g/mol. The van der Waals surface area contributed by atoms with Crippen LogP contribution in [-0.2, 0) is 0 Å². The van der Waals surface area contributed by atoms with E-state index in [0.29, 0.717) is 6.04 Å². The number of rotatable bonds is 0. The van der Waals surface area contributed by atoms with E-state index in [0.717, 1.165) is 0 Å². The molecule has 0 aromatic rings. The topological polar surface area (TPSA) is 12.0 Å². The van der Waals surface area contributed by atoms with Crippen molar-refractivity contribution in [2.75, 3.05) is 0 Å². The minimum atomic E-state index is 0.417. The van der Waals surface area contributed by atoms with Gasteiger partial charge in [-0.15, -0.1) is 0 Å². The summed E-state index contributed by atoms with van der Waals surface area (Å²) in [6, 6.07) is 0.417. The van der Waals surface area contributed by atoms with E-state index < -0.39 is 0 Å². The first kappa shape index (κ1) is 5.33. The first-order chi connectivity index (χ1) is 4.47. The summed E-state index contributed by atoms with van der Waals surface area (Å²) in [7, 11) is 0. The summed E-state index contributed by atoms with van der Waals surface area (Å²) in [5, 5.41) is 3.14. The van der Waals surface area contributed by atoms with Crippen LogP contribution in [0.4, 0.5) is 0 Å². The molecule has 1 nitrogen and oxygen atoms in total. The van der Waals surface area contributed by atoms with E-state index in [1.807, 2.05) is 6.08 Å². The van der Waals surface area contributed by atoms with Crippen LogP contribution in [0.5, 0.6) is 0 Å². The van der Waals surface area contributed by atoms with E-state index >= 15 is 0 Å². The number of hydrogen-bond donors (Lipinski definition) is 1. The molecule has 2 heteroatoms. The Balaban J connectivity index is 2.33. The highest BCUT2D eigenvalue weighted by Crippen LogP contribution is 2.21. The molecule has 0 fully saturated rings. The Bertz CT molecular complexity index is 200. The molecule has 0 spiro atoms. The second-order valence-corrected chi connectivity index (χ2v) is 2.64. The quantitative estimate of drug-likeness (QED) is 0.505. The predicted octanol–water partition coefficient (Wildman–Crippen LogP) is 1.42. The number of nitrogens with one attached hydrogen (secondary N) is 1. The Kier molecular flexibility index (Phi) is 1.21. The zero-order chi connectivity index (χ0) is 6.10. The van der Waals surface area contributed by atoms with Crippen molar-refractivity contribution in [2.45, 2.75) is 6.04 Å². The molecule has 1 unspecified atom stereocenters. The van der Waals surface area contributed by atoms with Gasteiger partial charge >= 0.3 is 0 Å². The van der Waals surface area contributed by atoms with Crippen molar-refractivity contribution >= 4 is 11.9 Å². The summed E-state index contributed by atoms with van der Waals surface area (Å²) in [6.07, 6.45) is 8.29. The van der Waals surface area contributed by atoms with Gasteiger partial charge in [0.2, 0.25) is 0 Å². The van der Waals surface area contributed by atoms with Gasteiger partial charge in [0.05, 0.1) is 6.04 Å². The van der Waals surface area contributed by atoms with E-state index in [1.54, 1.807) is 0 Å². The normalized spacial score (nSPS) is 30.2. The third-order valence-electron chi connectivity index (χ3n) is 1.38. The largest absolute Gasteiger partial charge is 0.248 e. The fourth-order valence-electron chi connectivity index (χ4n) is 0.894. The molecule has 1 aliphatic heterocycles. The minimum Gasteiger partial charge on any atom is -0.248 e. The van der Waals surface area contributed by atoms with Crippen LogP contribution < -0.4 is 4.72 Å². The highest BCUT2D eigenvalue weighted by molar-refractivity contribution is 7.99. The summed E-state index contributed by atoms with van der Waals surface area (Å²) in [6.45, 7) is 0. The summed E-state index contributed by atoms with van der Waals surface area (Å²) < 4.78 is 3.19. The molecule has 0 bridgehead atoms. The SMILES string of the molecule is [C]1=C2C=CC=CC2NS1. The van der Waals surface area contributed by atoms with Gasteiger partial charge in [-0.1, -0.05) is 24.3 Å². The van der Waals surface area contributed by atoms with E-state index in [4.69, 9.17) is 0 Å². The fourth-order valence-corrected chi connectivity index (χ4v) is 1.60. The van der Waals surface area contributed by atoms with Crippen LogP contribution in [0, 0.1) is 5.41 Å². The maximum absolute atomic E-state index is 3.19. The molecule has 2 rings (SSSR count). The highest BCUT2D eigenvalue weighted by atomic mass is 32.2. The standard InChI is InChI=1S/C7H6NS/c1-2-4-7-6(3-1)5-9-8-7/h1-4,7-8H. The summed E-state index contributed by atoms with van der Waals surface area (Å²) in [5.41, 5.74) is 1.25. The Morgan fingerprint density at radius 1 is 1.56 bits per heavy atom. The Morgan fingerprint density at radius 3 is 3.44 bits per heavy atom. The van der Waals surface area contributed by atoms with Crippen LogP contribution in [0.1, 0.15) is 0 Å². The van der Waals surface area contributed by atoms with Crippen LogP contribution in [-0.4, -0.2) is 6.04 Å². The maximum atomic E-state index is 3.19. The van der Waals surface area contributed by atoms with Crippen molar-refractivity contribution in [1.82, 2.24) is 4.72 Å². The Hall–Kier alpha value is -0.470. The lowest BCUT2D eigenvalue weighted by atomic mass is 10.1. The van der Waals surface area contributed by atoms with Gasteiger partial charge in [0.15, 0.2) is 0 Å². The molecule has 1 heterocycles. The lowest BCUT2D eigenvalue weighted by Gasteiger charge is -2.07. The van der Waals surface area contributed by atoms with E-state index in [1.165, 1.54) is 17.5 Å². The van der Waals surface area contributed by atoms with Crippen LogP contribution >= 0.6 is 11.9 Å². The molecule has 45 valence electrons. The lowest BCUT2D eigenvalue weighted by Crippen LogP contribution is -2.17. The van der Waals surface area contributed by atoms with Crippen LogP contribution in [0.25, 0.3) is 0 Å². The van der Waals surface area contributed by atoms with Crippen molar-refractivity contribution in [3.05, 3.63) is 35.3 Å². The van der Waals surface area contributed by atoms with Gasteiger partial charge in [-0.25, -0.2) is 4.72 Å². The second-order valence-electron chi connectivity index (χ2n) is 2.00. The monoisotopic (exact) mass is 136 g/mol. The first-order valence-corrected chi connectivity index (χ1v) is 3.67. The van der Waals surface area contributed by atoms with Crippen molar-refractivity contribution in [1.29, 1.82) is 0 Å². The maximum Gasteiger partial charge on any atom is 0.0620 e. The zero-order valence-electron chi connectivity index (χ0n) is 4.79. The van der Waals surface area contributed by atoms with Crippen LogP contribution in [0.2, 0.25) is 0 Å². The zero-order valence-corrected chi connectivity index (χ0v) is 5.61. The second kappa shape index (κ2) is 2.05. The molecule has 1 N–H and O–H groups in total. The van der Waals surface area contributed by atoms with Gasteiger partial charge in [0.25, 0.3) is 0 Å². The molecule has 0 saturated heterocycles. The number of allylic oxidation sites excluding steroid dienone is 2. The third kappa shape index (κ3) is 0.843. The first-order valence-electron chi connectivity index (χ1n) is 2.86. The summed E-state index contributed by atoms with van der Waals surface area (Å²) in [5.74, 6) is 0. The smallest absolute Gasteiger partial charge is 0.0620 e. The molecule has 1 atom stereocenters. The third-order valence-corrected chi connectivity index (χ3v) is 2.09. The molecule has 0 saturated carbocycles. The van der Waals surface area contributed by atoms with Gasteiger partial charge in [-0.05, 0) is 17.5 Å². The number of fused-ring (bicyclic) bond motifs is 1. The van der Waals surface area contributed by atoms with Gasteiger partial charge in [-0.3, -0.25) is 0 Å². The van der Waals surface area contributed by atoms with Gasteiger partial charge in [-0.2, -0.15) is 0 Å². The predicted molar refractivity (Wildman–Crippen MR) is 39.6 cm³/mol. The summed E-state index contributed by atoms with van der Waals surface area (Å²) in [4.78, 5) is 0. The molecule has 0 aromatic heterocycles. The molecule has 0 aromatic carbocycles. The van der Waals surface area contributed by atoms with Crippen molar-refractivity contribution < 1.29 is 0 Å². The molecule has 0 amide bonds.